The molecule has 21 heavy (non-hydrogen) atoms. The summed E-state index contributed by atoms with van der Waals surface area (Å²) in [5.41, 5.74) is 7.76. The van der Waals surface area contributed by atoms with E-state index in [-0.39, 0.29) is 18.7 Å². The summed E-state index contributed by atoms with van der Waals surface area (Å²) in [5, 5.41) is 9.22. The fraction of sp³-hybridized carbons (Fsp3) is 0.647. The normalized spacial score (nSPS) is 18.5. The van der Waals surface area contributed by atoms with Crippen LogP contribution in [0.2, 0.25) is 0 Å². The van der Waals surface area contributed by atoms with E-state index < -0.39 is 0 Å². The van der Waals surface area contributed by atoms with Crippen LogP contribution in [-0.4, -0.2) is 35.2 Å². The lowest BCUT2D eigenvalue weighted by Crippen LogP contribution is -2.49. The number of hydrogen-bond donors (Lipinski definition) is 2. The molecule has 0 amide bonds. The molecule has 1 saturated carbocycles. The summed E-state index contributed by atoms with van der Waals surface area (Å²) in [6.45, 7) is 3.31. The second kappa shape index (κ2) is 8.28. The number of nitrogens with two attached hydrogens (primary N) is 1. The maximum atomic E-state index is 9.22. The van der Waals surface area contributed by atoms with Gasteiger partial charge in [0.1, 0.15) is 0 Å². The summed E-state index contributed by atoms with van der Waals surface area (Å²) in [6.07, 6.45) is 5.58. The second-order valence-electron chi connectivity index (χ2n) is 5.94. The summed E-state index contributed by atoms with van der Waals surface area (Å²) in [6, 6.07) is 9.35. The summed E-state index contributed by atoms with van der Waals surface area (Å²) in [4.78, 5) is 2.54. The topological polar surface area (TPSA) is 49.5 Å². The molecule has 0 spiro atoms. The first-order chi connectivity index (χ1) is 10.2. The molecule has 0 bridgehead atoms. The minimum atomic E-state index is 0.114. The molecule has 2 unspecified atom stereocenters. The van der Waals surface area contributed by atoms with Gasteiger partial charge in [0.2, 0.25) is 0 Å². The van der Waals surface area contributed by atoms with Gasteiger partial charge in [0, 0.05) is 29.7 Å². The molecule has 0 aromatic heterocycles. The van der Waals surface area contributed by atoms with Gasteiger partial charge in [0.25, 0.3) is 0 Å². The van der Waals surface area contributed by atoms with Crippen LogP contribution in [0.15, 0.2) is 28.7 Å². The molecule has 0 heterocycles. The average Bonchev–Trinajstić information content (AvgIpc) is 2.44. The Morgan fingerprint density at radius 3 is 2.62 bits per heavy atom. The van der Waals surface area contributed by atoms with Crippen LogP contribution in [0.3, 0.4) is 0 Å². The Morgan fingerprint density at radius 1 is 1.38 bits per heavy atom. The Hall–Kier alpha value is -0.420. The van der Waals surface area contributed by atoms with Gasteiger partial charge in [0.05, 0.1) is 6.04 Å². The zero-order valence-electron chi connectivity index (χ0n) is 12.8. The SMILES string of the molecule is CCC(N)C(c1ccccc1Br)N(CCCO)C1CCC1. The monoisotopic (exact) mass is 354 g/mol. The first kappa shape index (κ1) is 16.9. The predicted molar refractivity (Wildman–Crippen MR) is 91.2 cm³/mol. The molecule has 4 heteroatoms. The quantitative estimate of drug-likeness (QED) is 0.751. The number of halogens is 1. The lowest BCUT2D eigenvalue weighted by molar-refractivity contribution is 0.0576. The van der Waals surface area contributed by atoms with Crippen molar-refractivity contribution in [3.63, 3.8) is 0 Å². The van der Waals surface area contributed by atoms with Crippen molar-refractivity contribution in [2.24, 2.45) is 5.73 Å². The van der Waals surface area contributed by atoms with Gasteiger partial charge < -0.3 is 10.8 Å². The average molecular weight is 355 g/mol. The Morgan fingerprint density at radius 2 is 2.10 bits per heavy atom. The molecule has 0 aliphatic heterocycles. The number of nitrogens with zero attached hydrogens (tertiary/aromatic N) is 1. The van der Waals surface area contributed by atoms with E-state index in [2.05, 4.69) is 46.0 Å². The van der Waals surface area contributed by atoms with Gasteiger partial charge >= 0.3 is 0 Å². The first-order valence-corrected chi connectivity index (χ1v) is 8.85. The molecular weight excluding hydrogens is 328 g/mol. The summed E-state index contributed by atoms with van der Waals surface area (Å²) < 4.78 is 1.13. The maximum absolute atomic E-state index is 9.22. The van der Waals surface area contributed by atoms with Crippen molar-refractivity contribution in [3.05, 3.63) is 34.3 Å². The summed E-state index contributed by atoms with van der Waals surface area (Å²) >= 11 is 3.69. The highest BCUT2D eigenvalue weighted by Gasteiger charge is 2.34. The van der Waals surface area contributed by atoms with Crippen LogP contribution in [0, 0.1) is 0 Å². The van der Waals surface area contributed by atoms with Gasteiger partial charge in [0.15, 0.2) is 0 Å². The molecule has 118 valence electrons. The number of benzene rings is 1. The summed E-state index contributed by atoms with van der Waals surface area (Å²) in [7, 11) is 0. The molecule has 1 aromatic carbocycles. The lowest BCUT2D eigenvalue weighted by Gasteiger charge is -2.45. The first-order valence-electron chi connectivity index (χ1n) is 8.05. The highest BCUT2D eigenvalue weighted by atomic mass is 79.9. The Balaban J connectivity index is 2.29. The Labute approximate surface area is 136 Å². The minimum absolute atomic E-state index is 0.114. The predicted octanol–water partition coefficient (Wildman–Crippen LogP) is 3.46. The van der Waals surface area contributed by atoms with Crippen molar-refractivity contribution >= 4 is 15.9 Å². The summed E-state index contributed by atoms with van der Waals surface area (Å²) in [5.74, 6) is 0. The number of aliphatic hydroxyl groups excluding tert-OH is 1. The van der Waals surface area contributed by atoms with Crippen LogP contribution in [0.4, 0.5) is 0 Å². The van der Waals surface area contributed by atoms with E-state index in [1.54, 1.807) is 0 Å². The minimum Gasteiger partial charge on any atom is -0.396 e. The third-order valence-corrected chi connectivity index (χ3v) is 5.30. The van der Waals surface area contributed by atoms with Crippen LogP contribution >= 0.6 is 15.9 Å². The number of rotatable bonds is 8. The number of hydrogen-bond acceptors (Lipinski definition) is 3. The van der Waals surface area contributed by atoms with Gasteiger partial charge in [-0.05, 0) is 37.3 Å². The maximum Gasteiger partial charge on any atom is 0.0513 e. The fourth-order valence-corrected chi connectivity index (χ4v) is 3.63. The van der Waals surface area contributed by atoms with Gasteiger partial charge in [-0.1, -0.05) is 47.5 Å². The van der Waals surface area contributed by atoms with Crippen molar-refractivity contribution in [2.45, 2.75) is 57.2 Å². The fourth-order valence-electron chi connectivity index (χ4n) is 3.11. The van der Waals surface area contributed by atoms with E-state index in [0.29, 0.717) is 6.04 Å². The van der Waals surface area contributed by atoms with Crippen molar-refractivity contribution in [2.75, 3.05) is 13.2 Å². The van der Waals surface area contributed by atoms with Gasteiger partial charge in [-0.15, -0.1) is 0 Å². The van der Waals surface area contributed by atoms with Crippen LogP contribution in [0.25, 0.3) is 0 Å². The van der Waals surface area contributed by atoms with E-state index in [0.717, 1.165) is 23.9 Å². The van der Waals surface area contributed by atoms with Gasteiger partial charge in [-0.25, -0.2) is 0 Å². The molecule has 0 radical (unpaired) electrons. The van der Waals surface area contributed by atoms with Crippen LogP contribution < -0.4 is 5.73 Å². The van der Waals surface area contributed by atoms with Crippen molar-refractivity contribution < 1.29 is 5.11 Å². The molecule has 1 aromatic rings. The Kier molecular flexibility index (Phi) is 6.68. The lowest BCUT2D eigenvalue weighted by atomic mass is 9.86. The standard InChI is InChI=1S/C17H27BrN2O/c1-2-16(19)17(14-9-3-4-10-15(14)18)20(11-6-12-21)13-7-5-8-13/h3-4,9-10,13,16-17,21H,2,5-8,11-12,19H2,1H3. The molecule has 2 atom stereocenters. The van der Waals surface area contributed by atoms with Gasteiger partial charge in [-0.2, -0.15) is 0 Å². The number of aliphatic hydroxyl groups is 1. The zero-order chi connectivity index (χ0) is 15.2. The van der Waals surface area contributed by atoms with Gasteiger partial charge in [-0.3, -0.25) is 4.90 Å². The molecule has 3 nitrogen and oxygen atoms in total. The van der Waals surface area contributed by atoms with E-state index in [1.165, 1.54) is 24.8 Å². The van der Waals surface area contributed by atoms with Crippen molar-refractivity contribution in [3.8, 4) is 0 Å². The largest absolute Gasteiger partial charge is 0.396 e. The van der Waals surface area contributed by atoms with Crippen molar-refractivity contribution in [1.29, 1.82) is 0 Å². The second-order valence-corrected chi connectivity index (χ2v) is 6.79. The van der Waals surface area contributed by atoms with E-state index >= 15 is 0 Å². The molecule has 0 saturated heterocycles. The van der Waals surface area contributed by atoms with E-state index in [9.17, 15) is 5.11 Å². The van der Waals surface area contributed by atoms with Crippen LogP contribution in [-0.2, 0) is 0 Å². The third kappa shape index (κ3) is 4.07. The van der Waals surface area contributed by atoms with E-state index in [1.807, 2.05) is 6.07 Å². The molecule has 1 aliphatic rings. The Bertz CT molecular complexity index is 437. The molecule has 1 fully saturated rings. The van der Waals surface area contributed by atoms with Crippen molar-refractivity contribution in [1.82, 2.24) is 4.90 Å². The van der Waals surface area contributed by atoms with Crippen LogP contribution in [0.1, 0.15) is 50.6 Å². The smallest absolute Gasteiger partial charge is 0.0513 e. The molecule has 2 rings (SSSR count). The molecule has 3 N–H and O–H groups in total. The highest BCUT2D eigenvalue weighted by Crippen LogP contribution is 2.37. The molecular formula is C17H27BrN2O. The zero-order valence-corrected chi connectivity index (χ0v) is 14.4. The highest BCUT2D eigenvalue weighted by molar-refractivity contribution is 9.10. The third-order valence-electron chi connectivity index (χ3n) is 4.58. The van der Waals surface area contributed by atoms with Crippen LogP contribution in [0.5, 0.6) is 0 Å². The van der Waals surface area contributed by atoms with E-state index in [4.69, 9.17) is 5.73 Å². The molecule has 1 aliphatic carbocycles.